The Labute approximate surface area is 92.2 Å². The Kier molecular flexibility index (Phi) is 6.02. The fourth-order valence-corrected chi connectivity index (χ4v) is 1.39. The molecule has 0 spiro atoms. The van der Waals surface area contributed by atoms with E-state index in [1.165, 1.54) is 0 Å². The van der Waals surface area contributed by atoms with Gasteiger partial charge in [-0.1, -0.05) is 13.8 Å². The second-order valence-electron chi connectivity index (χ2n) is 3.84. The summed E-state index contributed by atoms with van der Waals surface area (Å²) in [6.45, 7) is 3.82. The molecular weight excluding hydrogens is 231 g/mol. The Balaban J connectivity index is 4.02. The maximum absolute atomic E-state index is 11.8. The van der Waals surface area contributed by atoms with Crippen LogP contribution in [0.15, 0.2) is 0 Å². The van der Waals surface area contributed by atoms with E-state index in [2.05, 4.69) is 5.32 Å². The molecule has 1 unspecified atom stereocenters. The average molecular weight is 246 g/mol. The van der Waals surface area contributed by atoms with E-state index in [9.17, 15) is 18.0 Å². The van der Waals surface area contributed by atoms with Gasteiger partial charge in [-0.3, -0.25) is 4.79 Å². The van der Waals surface area contributed by atoms with Crippen LogP contribution in [0, 0.1) is 5.92 Å². The van der Waals surface area contributed by atoms with Crippen molar-refractivity contribution in [3.8, 4) is 0 Å². The minimum atomic E-state index is -4.46. The molecule has 1 N–H and O–H groups in total. The van der Waals surface area contributed by atoms with Crippen LogP contribution in [-0.4, -0.2) is 24.0 Å². The number of hydrogen-bond acceptors (Lipinski definition) is 1. The number of alkyl halides is 4. The van der Waals surface area contributed by atoms with Gasteiger partial charge in [0.05, 0.1) is 0 Å². The van der Waals surface area contributed by atoms with Crippen molar-refractivity contribution >= 4 is 17.5 Å². The first kappa shape index (κ1) is 14.6. The SMILES string of the molecule is CC(C)CC(CCl)NC(=O)CC(F)(F)F. The van der Waals surface area contributed by atoms with Crippen molar-refractivity contribution in [3.63, 3.8) is 0 Å². The number of nitrogens with one attached hydrogen (secondary N) is 1. The van der Waals surface area contributed by atoms with E-state index in [0.717, 1.165) is 0 Å². The lowest BCUT2D eigenvalue weighted by Crippen LogP contribution is -2.39. The number of amides is 1. The van der Waals surface area contributed by atoms with E-state index >= 15 is 0 Å². The van der Waals surface area contributed by atoms with Crippen LogP contribution in [0.4, 0.5) is 13.2 Å². The molecule has 90 valence electrons. The molecule has 0 aromatic rings. The Bertz CT molecular complexity index is 206. The van der Waals surface area contributed by atoms with Crippen LogP contribution in [-0.2, 0) is 4.79 Å². The van der Waals surface area contributed by atoms with Crippen LogP contribution >= 0.6 is 11.6 Å². The molecule has 1 amide bonds. The zero-order chi connectivity index (χ0) is 12.1. The second kappa shape index (κ2) is 6.20. The first-order valence-corrected chi connectivity index (χ1v) is 5.20. The van der Waals surface area contributed by atoms with Gasteiger partial charge in [-0.15, -0.1) is 11.6 Å². The lowest BCUT2D eigenvalue weighted by atomic mass is 10.1. The Morgan fingerprint density at radius 1 is 1.40 bits per heavy atom. The maximum Gasteiger partial charge on any atom is 0.397 e. The molecule has 0 aromatic carbocycles. The molecule has 0 bridgehead atoms. The molecule has 15 heavy (non-hydrogen) atoms. The Morgan fingerprint density at radius 2 is 1.93 bits per heavy atom. The third-order valence-corrected chi connectivity index (χ3v) is 2.04. The van der Waals surface area contributed by atoms with E-state index in [-0.39, 0.29) is 17.8 Å². The van der Waals surface area contributed by atoms with Gasteiger partial charge in [0.2, 0.25) is 5.91 Å². The minimum absolute atomic E-state index is 0.127. The van der Waals surface area contributed by atoms with E-state index in [1.807, 2.05) is 13.8 Å². The van der Waals surface area contributed by atoms with Crippen molar-refractivity contribution in [1.82, 2.24) is 5.32 Å². The normalized spacial score (nSPS) is 14.1. The second-order valence-corrected chi connectivity index (χ2v) is 4.15. The summed E-state index contributed by atoms with van der Waals surface area (Å²) in [7, 11) is 0. The van der Waals surface area contributed by atoms with Crippen LogP contribution in [0.3, 0.4) is 0 Å². The lowest BCUT2D eigenvalue weighted by molar-refractivity contribution is -0.154. The summed E-state index contributed by atoms with van der Waals surface area (Å²) in [5, 5.41) is 2.26. The number of carbonyl (C=O) groups excluding carboxylic acids is 1. The smallest absolute Gasteiger partial charge is 0.352 e. The maximum atomic E-state index is 11.8. The summed E-state index contributed by atoms with van der Waals surface area (Å²) >= 11 is 5.53. The largest absolute Gasteiger partial charge is 0.397 e. The molecule has 0 aliphatic carbocycles. The molecule has 6 heteroatoms. The lowest BCUT2D eigenvalue weighted by Gasteiger charge is -2.18. The summed E-state index contributed by atoms with van der Waals surface area (Å²) in [6.07, 6.45) is -5.33. The number of halogens is 4. The van der Waals surface area contributed by atoms with Crippen LogP contribution in [0.1, 0.15) is 26.7 Å². The van der Waals surface area contributed by atoms with Crippen LogP contribution < -0.4 is 5.32 Å². The number of carbonyl (C=O) groups is 1. The van der Waals surface area contributed by atoms with Crippen molar-refractivity contribution in [2.45, 2.75) is 38.9 Å². The predicted molar refractivity (Wildman–Crippen MR) is 52.8 cm³/mol. The van der Waals surface area contributed by atoms with Gasteiger partial charge in [0.25, 0.3) is 0 Å². The predicted octanol–water partition coefficient (Wildman–Crippen LogP) is 2.71. The van der Waals surface area contributed by atoms with Gasteiger partial charge in [-0.25, -0.2) is 0 Å². The van der Waals surface area contributed by atoms with Crippen molar-refractivity contribution in [1.29, 1.82) is 0 Å². The molecule has 0 saturated heterocycles. The fourth-order valence-electron chi connectivity index (χ4n) is 1.19. The van der Waals surface area contributed by atoms with E-state index in [0.29, 0.717) is 6.42 Å². The van der Waals surface area contributed by atoms with Crippen molar-refractivity contribution in [3.05, 3.63) is 0 Å². The van der Waals surface area contributed by atoms with Crippen molar-refractivity contribution < 1.29 is 18.0 Å². The van der Waals surface area contributed by atoms with E-state index in [4.69, 9.17) is 11.6 Å². The number of hydrogen-bond donors (Lipinski definition) is 1. The zero-order valence-corrected chi connectivity index (χ0v) is 9.45. The van der Waals surface area contributed by atoms with Gasteiger partial charge in [-0.2, -0.15) is 13.2 Å². The fraction of sp³-hybridized carbons (Fsp3) is 0.889. The molecule has 0 saturated carbocycles. The molecule has 0 rings (SSSR count). The summed E-state index contributed by atoms with van der Waals surface area (Å²) in [5.74, 6) is -0.615. The summed E-state index contributed by atoms with van der Waals surface area (Å²) in [5.41, 5.74) is 0. The van der Waals surface area contributed by atoms with Gasteiger partial charge >= 0.3 is 6.18 Å². The van der Waals surface area contributed by atoms with E-state index in [1.54, 1.807) is 0 Å². The number of rotatable bonds is 5. The summed E-state index contributed by atoms with van der Waals surface area (Å²) in [4.78, 5) is 10.9. The van der Waals surface area contributed by atoms with Crippen molar-refractivity contribution in [2.75, 3.05) is 5.88 Å². The monoisotopic (exact) mass is 245 g/mol. The highest BCUT2D eigenvalue weighted by molar-refractivity contribution is 6.18. The molecule has 0 aliphatic heterocycles. The highest BCUT2D eigenvalue weighted by Crippen LogP contribution is 2.19. The standard InChI is InChI=1S/C9H15ClF3NO/c1-6(2)3-7(5-10)14-8(15)4-9(11,12)13/h6-7H,3-5H2,1-2H3,(H,14,15). The van der Waals surface area contributed by atoms with Crippen LogP contribution in [0.2, 0.25) is 0 Å². The first-order valence-electron chi connectivity index (χ1n) is 4.66. The molecule has 0 aliphatic rings. The van der Waals surface area contributed by atoms with Gasteiger partial charge < -0.3 is 5.32 Å². The van der Waals surface area contributed by atoms with E-state index < -0.39 is 18.5 Å². The third-order valence-electron chi connectivity index (χ3n) is 1.67. The van der Waals surface area contributed by atoms with Crippen LogP contribution in [0.25, 0.3) is 0 Å². The first-order chi connectivity index (χ1) is 6.74. The highest BCUT2D eigenvalue weighted by Gasteiger charge is 2.31. The Hall–Kier alpha value is -0.450. The van der Waals surface area contributed by atoms with Gasteiger partial charge in [-0.05, 0) is 12.3 Å². The molecule has 0 fully saturated rings. The third kappa shape index (κ3) is 8.54. The topological polar surface area (TPSA) is 29.1 Å². The minimum Gasteiger partial charge on any atom is -0.352 e. The molecule has 0 heterocycles. The van der Waals surface area contributed by atoms with Gasteiger partial charge in [0.15, 0.2) is 0 Å². The summed E-state index contributed by atoms with van der Waals surface area (Å²) < 4.78 is 35.5. The highest BCUT2D eigenvalue weighted by atomic mass is 35.5. The average Bonchev–Trinajstić information content (AvgIpc) is 1.98. The molecular formula is C9H15ClF3NO. The Morgan fingerprint density at radius 3 is 2.27 bits per heavy atom. The molecule has 0 radical (unpaired) electrons. The zero-order valence-electron chi connectivity index (χ0n) is 8.70. The van der Waals surface area contributed by atoms with Gasteiger partial charge in [0.1, 0.15) is 6.42 Å². The van der Waals surface area contributed by atoms with Crippen LogP contribution in [0.5, 0.6) is 0 Å². The summed E-state index contributed by atoms with van der Waals surface area (Å²) in [6, 6.07) is -0.387. The van der Waals surface area contributed by atoms with Crippen molar-refractivity contribution in [2.24, 2.45) is 5.92 Å². The molecule has 2 nitrogen and oxygen atoms in total. The quantitative estimate of drug-likeness (QED) is 0.742. The molecule has 1 atom stereocenters. The molecule has 0 aromatic heterocycles. The van der Waals surface area contributed by atoms with Gasteiger partial charge in [0, 0.05) is 11.9 Å².